The van der Waals surface area contributed by atoms with Crippen molar-refractivity contribution >= 4 is 17.0 Å². The number of halogens is 3. The summed E-state index contributed by atoms with van der Waals surface area (Å²) in [5.41, 5.74) is 0. The first-order chi connectivity index (χ1) is 9.79. The summed E-state index contributed by atoms with van der Waals surface area (Å²) in [6, 6.07) is 0. The van der Waals surface area contributed by atoms with Gasteiger partial charge >= 0.3 is 17.2 Å². The Morgan fingerprint density at radius 2 is 1.09 bits per heavy atom. The standard InChI is InChI=1S/C5H4ClF2N5O9/c6-3(14)9(1-4(7,10(15)16)11(17)18)2-5(8,12(19)20)13(21)22/h1-2H2. The summed E-state index contributed by atoms with van der Waals surface area (Å²) in [4.78, 5) is 42.9. The summed E-state index contributed by atoms with van der Waals surface area (Å²) >= 11 is 4.74. The molecule has 124 valence electrons. The minimum Gasteiger partial charge on any atom is -0.294 e. The van der Waals surface area contributed by atoms with Crippen LogP contribution in [-0.4, -0.2) is 54.9 Å². The molecule has 0 N–H and O–H groups in total. The maximum Gasteiger partial charge on any atom is 0.631 e. The van der Waals surface area contributed by atoms with Crippen molar-refractivity contribution in [2.45, 2.75) is 11.8 Å². The van der Waals surface area contributed by atoms with Crippen LogP contribution in [0.3, 0.4) is 0 Å². The van der Waals surface area contributed by atoms with Gasteiger partial charge in [0.2, 0.25) is 13.1 Å². The van der Waals surface area contributed by atoms with Crippen molar-refractivity contribution in [2.24, 2.45) is 0 Å². The van der Waals surface area contributed by atoms with Crippen molar-refractivity contribution < 1.29 is 33.3 Å². The average molecular weight is 352 g/mol. The maximum absolute atomic E-state index is 13.5. The van der Waals surface area contributed by atoms with Crippen molar-refractivity contribution in [1.82, 2.24) is 4.90 Å². The van der Waals surface area contributed by atoms with Crippen LogP contribution in [0, 0.1) is 40.5 Å². The number of carbonyl (C=O) groups excluding carboxylic acids is 1. The number of alkyl halides is 2. The number of carbonyl (C=O) groups is 1. The highest BCUT2D eigenvalue weighted by molar-refractivity contribution is 6.62. The SMILES string of the molecule is O=C(Cl)N(CC(F)([N+](=O)[O-])[N+](=O)[O-])CC(F)([N+](=O)[O-])[N+](=O)[O-]. The van der Waals surface area contributed by atoms with Crippen molar-refractivity contribution in [1.29, 1.82) is 0 Å². The van der Waals surface area contributed by atoms with Gasteiger partial charge in [0.15, 0.2) is 0 Å². The van der Waals surface area contributed by atoms with Gasteiger partial charge in [-0.25, -0.2) is 0 Å². The van der Waals surface area contributed by atoms with Gasteiger partial charge < -0.3 is 0 Å². The fourth-order valence-corrected chi connectivity index (χ4v) is 1.15. The molecule has 22 heavy (non-hydrogen) atoms. The highest BCUT2D eigenvalue weighted by Crippen LogP contribution is 2.21. The third kappa shape index (κ3) is 3.65. The van der Waals surface area contributed by atoms with E-state index < -0.39 is 54.9 Å². The maximum atomic E-state index is 13.5. The molecule has 0 saturated carbocycles. The van der Waals surface area contributed by atoms with E-state index in [1.165, 1.54) is 0 Å². The van der Waals surface area contributed by atoms with Crippen LogP contribution in [0.2, 0.25) is 0 Å². The Labute approximate surface area is 121 Å². The summed E-state index contributed by atoms with van der Waals surface area (Å²) < 4.78 is 27.0. The van der Waals surface area contributed by atoms with Gasteiger partial charge in [0.1, 0.15) is 19.7 Å². The summed E-state index contributed by atoms with van der Waals surface area (Å²) in [6.07, 6.45) is 0. The lowest BCUT2D eigenvalue weighted by molar-refractivity contribution is -0.836. The van der Waals surface area contributed by atoms with Crippen molar-refractivity contribution in [2.75, 3.05) is 13.1 Å². The van der Waals surface area contributed by atoms with Gasteiger partial charge in [-0.2, -0.15) is 0 Å². The third-order valence-electron chi connectivity index (χ3n) is 2.15. The molecule has 0 aromatic rings. The van der Waals surface area contributed by atoms with E-state index in [9.17, 15) is 54.0 Å². The normalized spacial score (nSPS) is 11.6. The zero-order valence-corrected chi connectivity index (χ0v) is 10.7. The zero-order chi connectivity index (χ0) is 17.9. The number of rotatable bonds is 8. The smallest absolute Gasteiger partial charge is 0.294 e. The lowest BCUT2D eigenvalue weighted by atomic mass is 10.3. The lowest BCUT2D eigenvalue weighted by Gasteiger charge is -2.20. The van der Waals surface area contributed by atoms with Gasteiger partial charge in [0.05, 0.1) is 0 Å². The summed E-state index contributed by atoms with van der Waals surface area (Å²) in [5.74, 6) is -9.20. The molecule has 0 heterocycles. The Hall–Kier alpha value is -2.78. The minimum atomic E-state index is -4.60. The molecule has 0 rings (SSSR count). The fourth-order valence-electron chi connectivity index (χ4n) is 1.03. The van der Waals surface area contributed by atoms with E-state index in [1.54, 1.807) is 0 Å². The molecule has 0 aliphatic heterocycles. The molecular weight excluding hydrogens is 348 g/mol. The molecule has 0 fully saturated rings. The molecule has 0 aliphatic carbocycles. The molecule has 0 saturated heterocycles. The van der Waals surface area contributed by atoms with E-state index in [0.717, 1.165) is 0 Å². The van der Waals surface area contributed by atoms with Crippen LogP contribution in [0.5, 0.6) is 0 Å². The van der Waals surface area contributed by atoms with Gasteiger partial charge in [0.25, 0.3) is 0 Å². The number of nitrogens with zero attached hydrogens (tertiary/aromatic N) is 5. The van der Waals surface area contributed by atoms with Crippen LogP contribution >= 0.6 is 11.6 Å². The highest BCUT2D eigenvalue weighted by atomic mass is 35.5. The Morgan fingerprint density at radius 3 is 1.23 bits per heavy atom. The molecule has 0 unspecified atom stereocenters. The Morgan fingerprint density at radius 1 is 0.864 bits per heavy atom. The second-order valence-corrected chi connectivity index (χ2v) is 3.90. The molecule has 0 spiro atoms. The van der Waals surface area contributed by atoms with Crippen LogP contribution < -0.4 is 0 Å². The lowest BCUT2D eigenvalue weighted by Crippen LogP contribution is -2.57. The molecule has 0 aliphatic rings. The molecule has 1 amide bonds. The van der Waals surface area contributed by atoms with Gasteiger partial charge in [-0.1, -0.05) is 8.78 Å². The highest BCUT2D eigenvalue weighted by Gasteiger charge is 2.65. The average Bonchev–Trinajstić information content (AvgIpc) is 2.36. The van der Waals surface area contributed by atoms with E-state index in [2.05, 4.69) is 0 Å². The van der Waals surface area contributed by atoms with Gasteiger partial charge in [-0.05, 0) is 11.6 Å². The Balaban J connectivity index is 5.65. The van der Waals surface area contributed by atoms with Crippen molar-refractivity contribution in [3.63, 3.8) is 0 Å². The predicted molar refractivity (Wildman–Crippen MR) is 58.5 cm³/mol. The zero-order valence-electron chi connectivity index (χ0n) is 9.96. The number of amides is 1. The van der Waals surface area contributed by atoms with Crippen molar-refractivity contribution in [3.8, 4) is 0 Å². The van der Waals surface area contributed by atoms with Gasteiger partial charge in [-0.3, -0.25) is 50.2 Å². The summed E-state index contributed by atoms with van der Waals surface area (Å²) in [6.45, 7) is -4.38. The molecule has 0 bridgehead atoms. The van der Waals surface area contributed by atoms with E-state index >= 15 is 0 Å². The van der Waals surface area contributed by atoms with E-state index in [4.69, 9.17) is 11.6 Å². The van der Waals surface area contributed by atoms with E-state index in [0.29, 0.717) is 0 Å². The summed E-state index contributed by atoms with van der Waals surface area (Å²) in [5, 5.41) is 39.2. The van der Waals surface area contributed by atoms with Gasteiger partial charge in [-0.15, -0.1) is 0 Å². The monoisotopic (exact) mass is 351 g/mol. The molecule has 0 aromatic carbocycles. The molecular formula is C5H4ClF2N5O9. The van der Waals surface area contributed by atoms with E-state index in [-0.39, 0.29) is 0 Å². The van der Waals surface area contributed by atoms with Crippen LogP contribution in [0.25, 0.3) is 0 Å². The topological polar surface area (TPSA) is 193 Å². The Bertz CT molecular complexity index is 474. The van der Waals surface area contributed by atoms with Crippen LogP contribution in [-0.2, 0) is 0 Å². The second-order valence-electron chi connectivity index (χ2n) is 3.58. The molecule has 14 nitrogen and oxygen atoms in total. The quantitative estimate of drug-likeness (QED) is 0.190. The molecule has 0 atom stereocenters. The molecule has 0 radical (unpaired) electrons. The minimum absolute atomic E-state index is 0.640. The van der Waals surface area contributed by atoms with Gasteiger partial charge in [0, 0.05) is 0 Å². The molecule has 17 heteroatoms. The number of hydrogen-bond donors (Lipinski definition) is 0. The number of nitro groups is 4. The molecule has 0 aromatic heterocycles. The first kappa shape index (κ1) is 19.2. The number of hydrogen-bond acceptors (Lipinski definition) is 9. The third-order valence-corrected chi connectivity index (χ3v) is 2.39. The Kier molecular flexibility index (Phi) is 5.53. The van der Waals surface area contributed by atoms with Crippen molar-refractivity contribution in [3.05, 3.63) is 40.5 Å². The van der Waals surface area contributed by atoms with Crippen LogP contribution in [0.4, 0.5) is 13.6 Å². The summed E-state index contributed by atoms with van der Waals surface area (Å²) in [7, 11) is 0. The second kappa shape index (κ2) is 6.33. The largest absolute Gasteiger partial charge is 0.631 e. The van der Waals surface area contributed by atoms with Crippen LogP contribution in [0.1, 0.15) is 0 Å². The first-order valence-electron chi connectivity index (χ1n) is 4.69. The fraction of sp³-hybridized carbons (Fsp3) is 0.800. The van der Waals surface area contributed by atoms with E-state index in [1.807, 2.05) is 0 Å². The van der Waals surface area contributed by atoms with Crippen LogP contribution in [0.15, 0.2) is 0 Å². The predicted octanol–water partition coefficient (Wildman–Crippen LogP) is 0.000600. The first-order valence-corrected chi connectivity index (χ1v) is 5.07.